The van der Waals surface area contributed by atoms with E-state index >= 15 is 0 Å². The van der Waals surface area contributed by atoms with Crippen LogP contribution in [0.5, 0.6) is 5.75 Å². The lowest BCUT2D eigenvalue weighted by Crippen LogP contribution is -2.03. The molecule has 1 N–H and O–H groups in total. The molecule has 1 rings (SSSR count). The lowest BCUT2D eigenvalue weighted by molar-refractivity contribution is 0.131. The molecule has 0 radical (unpaired) electrons. The molecule has 0 fully saturated rings. The van der Waals surface area contributed by atoms with E-state index in [1.807, 2.05) is 6.92 Å². The van der Waals surface area contributed by atoms with E-state index in [-0.39, 0.29) is 6.61 Å². The number of hydrogen-bond donors (Lipinski definition) is 1. The van der Waals surface area contributed by atoms with Crippen LogP contribution in [0.1, 0.15) is 19.0 Å². The SMILES string of the molecule is CCOCCCOc1ccc(CO)nc1. The van der Waals surface area contributed by atoms with Crippen LogP contribution in [0.25, 0.3) is 0 Å². The second-order valence-corrected chi connectivity index (χ2v) is 3.04. The molecule has 1 aromatic rings. The van der Waals surface area contributed by atoms with Gasteiger partial charge in [0.2, 0.25) is 0 Å². The van der Waals surface area contributed by atoms with Crippen LogP contribution in [0.3, 0.4) is 0 Å². The van der Waals surface area contributed by atoms with Gasteiger partial charge in [-0.3, -0.25) is 4.98 Å². The summed E-state index contributed by atoms with van der Waals surface area (Å²) in [5.74, 6) is 0.726. The average molecular weight is 211 g/mol. The monoisotopic (exact) mass is 211 g/mol. The van der Waals surface area contributed by atoms with Crippen LogP contribution >= 0.6 is 0 Å². The maximum atomic E-state index is 8.78. The third kappa shape index (κ3) is 4.76. The summed E-state index contributed by atoms with van der Waals surface area (Å²) in [5, 5.41) is 8.78. The van der Waals surface area contributed by atoms with Crippen LogP contribution in [0.4, 0.5) is 0 Å². The van der Waals surface area contributed by atoms with Crippen molar-refractivity contribution < 1.29 is 14.6 Å². The van der Waals surface area contributed by atoms with Gasteiger partial charge in [0.1, 0.15) is 5.75 Å². The minimum atomic E-state index is -0.0371. The molecular weight excluding hydrogens is 194 g/mol. The Morgan fingerprint density at radius 3 is 2.80 bits per heavy atom. The predicted octanol–water partition coefficient (Wildman–Crippen LogP) is 1.38. The van der Waals surface area contributed by atoms with Crippen molar-refractivity contribution in [2.75, 3.05) is 19.8 Å². The Balaban J connectivity index is 2.20. The van der Waals surface area contributed by atoms with Gasteiger partial charge < -0.3 is 14.6 Å². The molecule has 0 amide bonds. The standard InChI is InChI=1S/C11H17NO3/c1-2-14-6-3-7-15-11-5-4-10(9-13)12-8-11/h4-5,8,13H,2-3,6-7,9H2,1H3. The van der Waals surface area contributed by atoms with Crippen molar-refractivity contribution in [1.82, 2.24) is 4.98 Å². The molecule has 0 aliphatic carbocycles. The highest BCUT2D eigenvalue weighted by molar-refractivity contribution is 5.19. The van der Waals surface area contributed by atoms with E-state index in [0.29, 0.717) is 12.3 Å². The highest BCUT2D eigenvalue weighted by Gasteiger charge is 1.95. The van der Waals surface area contributed by atoms with E-state index in [1.54, 1.807) is 18.3 Å². The molecule has 0 saturated carbocycles. The van der Waals surface area contributed by atoms with Gasteiger partial charge in [0, 0.05) is 19.6 Å². The fraction of sp³-hybridized carbons (Fsp3) is 0.545. The van der Waals surface area contributed by atoms with Gasteiger partial charge in [0.25, 0.3) is 0 Å². The minimum Gasteiger partial charge on any atom is -0.492 e. The van der Waals surface area contributed by atoms with Crippen molar-refractivity contribution >= 4 is 0 Å². The van der Waals surface area contributed by atoms with Crippen molar-refractivity contribution in [2.24, 2.45) is 0 Å². The van der Waals surface area contributed by atoms with Crippen LogP contribution in [0.2, 0.25) is 0 Å². The highest BCUT2D eigenvalue weighted by Crippen LogP contribution is 2.09. The molecule has 4 nitrogen and oxygen atoms in total. The number of nitrogens with zero attached hydrogens (tertiary/aromatic N) is 1. The molecular formula is C11H17NO3. The summed E-state index contributed by atoms with van der Waals surface area (Å²) in [6.07, 6.45) is 2.49. The molecule has 1 heterocycles. The summed E-state index contributed by atoms with van der Waals surface area (Å²) in [5.41, 5.74) is 0.650. The fourth-order valence-corrected chi connectivity index (χ4v) is 1.09. The molecule has 0 saturated heterocycles. The molecule has 0 aromatic carbocycles. The molecule has 15 heavy (non-hydrogen) atoms. The number of aliphatic hydroxyl groups excluding tert-OH is 1. The smallest absolute Gasteiger partial charge is 0.137 e. The third-order valence-corrected chi connectivity index (χ3v) is 1.87. The summed E-state index contributed by atoms with van der Waals surface area (Å²) in [7, 11) is 0. The van der Waals surface area contributed by atoms with E-state index in [4.69, 9.17) is 14.6 Å². The maximum Gasteiger partial charge on any atom is 0.137 e. The summed E-state index contributed by atoms with van der Waals surface area (Å²) < 4.78 is 10.6. The molecule has 0 aliphatic heterocycles. The zero-order valence-electron chi connectivity index (χ0n) is 8.98. The Bertz CT molecular complexity index is 261. The quantitative estimate of drug-likeness (QED) is 0.692. The molecule has 4 heteroatoms. The molecule has 0 bridgehead atoms. The first-order valence-corrected chi connectivity index (χ1v) is 5.13. The van der Waals surface area contributed by atoms with Crippen LogP contribution in [0.15, 0.2) is 18.3 Å². The topological polar surface area (TPSA) is 51.6 Å². The normalized spacial score (nSPS) is 10.3. The van der Waals surface area contributed by atoms with Gasteiger partial charge in [-0.15, -0.1) is 0 Å². The first-order chi connectivity index (χ1) is 7.36. The van der Waals surface area contributed by atoms with Gasteiger partial charge in [-0.25, -0.2) is 0 Å². The van der Waals surface area contributed by atoms with E-state index < -0.39 is 0 Å². The highest BCUT2D eigenvalue weighted by atomic mass is 16.5. The summed E-state index contributed by atoms with van der Waals surface area (Å²) in [6.45, 7) is 4.02. The van der Waals surface area contributed by atoms with Gasteiger partial charge in [-0.2, -0.15) is 0 Å². The van der Waals surface area contributed by atoms with Gasteiger partial charge in [-0.05, 0) is 19.1 Å². The first kappa shape index (κ1) is 11.9. The lowest BCUT2D eigenvalue weighted by Gasteiger charge is -2.05. The largest absolute Gasteiger partial charge is 0.492 e. The number of rotatable bonds is 7. The van der Waals surface area contributed by atoms with Gasteiger partial charge in [0.05, 0.1) is 25.1 Å². The Kier molecular flexibility index (Phi) is 5.73. The Hall–Kier alpha value is -1.13. The van der Waals surface area contributed by atoms with Crippen molar-refractivity contribution in [3.05, 3.63) is 24.0 Å². The van der Waals surface area contributed by atoms with Crippen LogP contribution in [-0.4, -0.2) is 29.9 Å². The zero-order chi connectivity index (χ0) is 10.9. The molecule has 1 aromatic heterocycles. The number of pyridine rings is 1. The Morgan fingerprint density at radius 2 is 2.20 bits per heavy atom. The molecule has 84 valence electrons. The number of aliphatic hydroxyl groups is 1. The molecule has 0 spiro atoms. The molecule has 0 unspecified atom stereocenters. The maximum absolute atomic E-state index is 8.78. The van der Waals surface area contributed by atoms with Crippen molar-refractivity contribution in [2.45, 2.75) is 20.0 Å². The van der Waals surface area contributed by atoms with E-state index in [2.05, 4.69) is 4.98 Å². The number of ether oxygens (including phenoxy) is 2. The second-order valence-electron chi connectivity index (χ2n) is 3.04. The Labute approximate surface area is 89.9 Å². The van der Waals surface area contributed by atoms with Crippen LogP contribution in [-0.2, 0) is 11.3 Å². The first-order valence-electron chi connectivity index (χ1n) is 5.13. The van der Waals surface area contributed by atoms with E-state index in [0.717, 1.165) is 25.4 Å². The Morgan fingerprint density at radius 1 is 1.33 bits per heavy atom. The van der Waals surface area contributed by atoms with Crippen molar-refractivity contribution in [1.29, 1.82) is 0 Å². The van der Waals surface area contributed by atoms with Gasteiger partial charge in [0.15, 0.2) is 0 Å². The van der Waals surface area contributed by atoms with Crippen LogP contribution < -0.4 is 4.74 Å². The van der Waals surface area contributed by atoms with Crippen molar-refractivity contribution in [3.8, 4) is 5.75 Å². The summed E-state index contributed by atoms with van der Waals surface area (Å²) in [4.78, 5) is 4.01. The summed E-state index contributed by atoms with van der Waals surface area (Å²) in [6, 6.07) is 3.55. The molecule has 0 aliphatic rings. The number of aromatic nitrogens is 1. The predicted molar refractivity (Wildman–Crippen MR) is 56.8 cm³/mol. The fourth-order valence-electron chi connectivity index (χ4n) is 1.09. The lowest BCUT2D eigenvalue weighted by atomic mass is 10.3. The minimum absolute atomic E-state index is 0.0371. The zero-order valence-corrected chi connectivity index (χ0v) is 8.98. The van der Waals surface area contributed by atoms with Gasteiger partial charge in [-0.1, -0.05) is 0 Å². The summed E-state index contributed by atoms with van der Waals surface area (Å²) >= 11 is 0. The second kappa shape index (κ2) is 7.20. The molecule has 0 atom stereocenters. The third-order valence-electron chi connectivity index (χ3n) is 1.87. The van der Waals surface area contributed by atoms with Gasteiger partial charge >= 0.3 is 0 Å². The number of hydrogen-bond acceptors (Lipinski definition) is 4. The van der Waals surface area contributed by atoms with Crippen LogP contribution in [0, 0.1) is 0 Å². The average Bonchev–Trinajstić information content (AvgIpc) is 2.30. The van der Waals surface area contributed by atoms with Crippen molar-refractivity contribution in [3.63, 3.8) is 0 Å². The van der Waals surface area contributed by atoms with E-state index in [1.165, 1.54) is 0 Å². The van der Waals surface area contributed by atoms with E-state index in [9.17, 15) is 0 Å².